The highest BCUT2D eigenvalue weighted by atomic mass is 35.5. The van der Waals surface area contributed by atoms with Gasteiger partial charge >= 0.3 is 0 Å². The van der Waals surface area contributed by atoms with Gasteiger partial charge in [0, 0.05) is 28.8 Å². The number of carbonyl (C=O) groups is 2. The van der Waals surface area contributed by atoms with E-state index in [0.29, 0.717) is 21.7 Å². The zero-order chi connectivity index (χ0) is 23.4. The average molecular weight is 480 g/mol. The first kappa shape index (κ1) is 22.8. The SMILES string of the molecule is Cc1ccc(NC(=O)Cc2nnc(SCC(=O)Nc3cccc4ccccc34)n2C)cc1Cl. The molecular weight excluding hydrogens is 458 g/mol. The fourth-order valence-electron chi connectivity index (χ4n) is 3.29. The number of amides is 2. The van der Waals surface area contributed by atoms with Gasteiger partial charge in [-0.2, -0.15) is 0 Å². The molecule has 4 aromatic rings. The van der Waals surface area contributed by atoms with Crippen LogP contribution in [0.2, 0.25) is 5.02 Å². The van der Waals surface area contributed by atoms with E-state index < -0.39 is 0 Å². The predicted molar refractivity (Wildman–Crippen MR) is 133 cm³/mol. The molecular formula is C24H22ClN5O2S. The molecule has 0 aliphatic heterocycles. The smallest absolute Gasteiger partial charge is 0.234 e. The van der Waals surface area contributed by atoms with Gasteiger partial charge in [0.05, 0.1) is 12.2 Å². The van der Waals surface area contributed by atoms with E-state index in [2.05, 4.69) is 20.8 Å². The van der Waals surface area contributed by atoms with E-state index in [9.17, 15) is 9.59 Å². The molecule has 2 N–H and O–H groups in total. The van der Waals surface area contributed by atoms with Crippen LogP contribution in [0.3, 0.4) is 0 Å². The van der Waals surface area contributed by atoms with Crippen molar-refractivity contribution in [2.45, 2.75) is 18.5 Å². The minimum Gasteiger partial charge on any atom is -0.326 e. The molecule has 0 aliphatic carbocycles. The van der Waals surface area contributed by atoms with E-state index in [1.54, 1.807) is 23.7 Å². The van der Waals surface area contributed by atoms with E-state index in [4.69, 9.17) is 11.6 Å². The predicted octanol–water partition coefficient (Wildman–Crippen LogP) is 4.84. The van der Waals surface area contributed by atoms with Crippen molar-refractivity contribution in [2.75, 3.05) is 16.4 Å². The van der Waals surface area contributed by atoms with Gasteiger partial charge in [-0.15, -0.1) is 10.2 Å². The van der Waals surface area contributed by atoms with Gasteiger partial charge in [0.15, 0.2) is 5.16 Å². The summed E-state index contributed by atoms with van der Waals surface area (Å²) in [6.07, 6.45) is 0.0533. The molecule has 0 aliphatic rings. The zero-order valence-corrected chi connectivity index (χ0v) is 19.7. The van der Waals surface area contributed by atoms with Crippen molar-refractivity contribution in [2.24, 2.45) is 7.05 Å². The Kier molecular flexibility index (Phi) is 6.96. The number of fused-ring (bicyclic) bond motifs is 1. The van der Waals surface area contributed by atoms with Gasteiger partial charge < -0.3 is 15.2 Å². The van der Waals surface area contributed by atoms with Crippen LogP contribution in [0.4, 0.5) is 11.4 Å². The van der Waals surface area contributed by atoms with Crippen molar-refractivity contribution in [3.05, 3.63) is 77.1 Å². The highest BCUT2D eigenvalue weighted by Gasteiger charge is 2.15. The molecule has 0 fully saturated rings. The molecule has 3 aromatic carbocycles. The number of anilines is 2. The fourth-order valence-corrected chi connectivity index (χ4v) is 4.21. The standard InChI is InChI=1S/C24H22ClN5O2S/c1-15-10-11-17(12-19(15)25)26-22(31)13-21-28-29-24(30(21)2)33-14-23(32)27-20-9-5-7-16-6-3-4-8-18(16)20/h3-12H,13-14H2,1-2H3,(H,26,31)(H,27,32). The summed E-state index contributed by atoms with van der Waals surface area (Å²) < 4.78 is 1.72. The van der Waals surface area contributed by atoms with Gasteiger partial charge in [-0.25, -0.2) is 0 Å². The van der Waals surface area contributed by atoms with E-state index in [1.807, 2.05) is 55.5 Å². The summed E-state index contributed by atoms with van der Waals surface area (Å²) in [7, 11) is 1.77. The average Bonchev–Trinajstić information content (AvgIpc) is 3.14. The van der Waals surface area contributed by atoms with Crippen LogP contribution in [0, 0.1) is 6.92 Å². The summed E-state index contributed by atoms with van der Waals surface area (Å²) in [5, 5.41) is 17.2. The van der Waals surface area contributed by atoms with Crippen LogP contribution in [0.25, 0.3) is 10.8 Å². The van der Waals surface area contributed by atoms with Gasteiger partial charge in [0.2, 0.25) is 11.8 Å². The second-order valence-electron chi connectivity index (χ2n) is 7.51. The number of halogens is 1. The lowest BCUT2D eigenvalue weighted by Crippen LogP contribution is -2.17. The third-order valence-electron chi connectivity index (χ3n) is 5.10. The number of hydrogen-bond acceptors (Lipinski definition) is 5. The van der Waals surface area contributed by atoms with E-state index >= 15 is 0 Å². The van der Waals surface area contributed by atoms with Crippen molar-refractivity contribution in [1.82, 2.24) is 14.8 Å². The van der Waals surface area contributed by atoms with Gasteiger partial charge in [-0.3, -0.25) is 9.59 Å². The van der Waals surface area contributed by atoms with Crippen LogP contribution < -0.4 is 10.6 Å². The molecule has 0 unspecified atom stereocenters. The Bertz CT molecular complexity index is 1330. The fraction of sp³-hybridized carbons (Fsp3) is 0.167. The van der Waals surface area contributed by atoms with Gasteiger partial charge in [0.25, 0.3) is 0 Å². The molecule has 7 nitrogen and oxygen atoms in total. The summed E-state index contributed by atoms with van der Waals surface area (Å²) in [4.78, 5) is 24.9. The van der Waals surface area contributed by atoms with Gasteiger partial charge in [-0.05, 0) is 36.1 Å². The molecule has 2 amide bonds. The maximum atomic E-state index is 12.5. The third kappa shape index (κ3) is 5.53. The number of nitrogens with one attached hydrogen (secondary N) is 2. The summed E-state index contributed by atoms with van der Waals surface area (Å²) in [6.45, 7) is 1.90. The quantitative estimate of drug-likeness (QED) is 0.370. The Morgan fingerprint density at radius 3 is 2.61 bits per heavy atom. The third-order valence-corrected chi connectivity index (χ3v) is 6.52. The summed E-state index contributed by atoms with van der Waals surface area (Å²) in [5.41, 5.74) is 2.33. The monoisotopic (exact) mass is 479 g/mol. The topological polar surface area (TPSA) is 88.9 Å². The maximum Gasteiger partial charge on any atom is 0.234 e. The van der Waals surface area contributed by atoms with Crippen molar-refractivity contribution < 1.29 is 9.59 Å². The minimum atomic E-state index is -0.226. The zero-order valence-electron chi connectivity index (χ0n) is 18.1. The van der Waals surface area contributed by atoms with E-state index in [-0.39, 0.29) is 24.0 Å². The van der Waals surface area contributed by atoms with Crippen LogP contribution in [0.15, 0.2) is 65.8 Å². The molecule has 0 spiro atoms. The first-order valence-electron chi connectivity index (χ1n) is 10.3. The number of benzene rings is 3. The normalized spacial score (nSPS) is 10.9. The van der Waals surface area contributed by atoms with Crippen LogP contribution >= 0.6 is 23.4 Å². The number of nitrogens with zero attached hydrogens (tertiary/aromatic N) is 3. The van der Waals surface area contributed by atoms with Crippen LogP contribution in [-0.2, 0) is 23.1 Å². The molecule has 4 rings (SSSR count). The van der Waals surface area contributed by atoms with E-state index in [0.717, 1.165) is 22.0 Å². The second-order valence-corrected chi connectivity index (χ2v) is 8.86. The lowest BCUT2D eigenvalue weighted by Gasteiger charge is -2.09. The number of thioether (sulfide) groups is 1. The number of aryl methyl sites for hydroxylation is 1. The number of rotatable bonds is 7. The summed E-state index contributed by atoms with van der Waals surface area (Å²) in [6, 6.07) is 19.0. The molecule has 1 aromatic heterocycles. The Morgan fingerprint density at radius 1 is 1.00 bits per heavy atom. The molecule has 9 heteroatoms. The van der Waals surface area contributed by atoms with E-state index in [1.165, 1.54) is 11.8 Å². The Balaban J connectivity index is 1.34. The highest BCUT2D eigenvalue weighted by Crippen LogP contribution is 2.24. The van der Waals surface area contributed by atoms with Crippen LogP contribution in [0.5, 0.6) is 0 Å². The maximum absolute atomic E-state index is 12.5. The number of hydrogen-bond donors (Lipinski definition) is 2. The molecule has 0 radical (unpaired) electrons. The Hall–Kier alpha value is -3.36. The number of carbonyl (C=O) groups excluding carboxylic acids is 2. The lowest BCUT2D eigenvalue weighted by molar-refractivity contribution is -0.116. The summed E-state index contributed by atoms with van der Waals surface area (Å²) in [5.74, 6) is 0.303. The molecule has 0 atom stereocenters. The van der Waals surface area contributed by atoms with Crippen molar-refractivity contribution in [1.29, 1.82) is 0 Å². The Morgan fingerprint density at radius 2 is 1.79 bits per heavy atom. The second kappa shape index (κ2) is 10.1. The first-order chi connectivity index (χ1) is 15.9. The van der Waals surface area contributed by atoms with Crippen molar-refractivity contribution >= 4 is 57.3 Å². The minimum absolute atomic E-state index is 0.0533. The highest BCUT2D eigenvalue weighted by molar-refractivity contribution is 7.99. The first-order valence-corrected chi connectivity index (χ1v) is 11.6. The Labute approximate surface area is 200 Å². The molecule has 33 heavy (non-hydrogen) atoms. The largest absolute Gasteiger partial charge is 0.326 e. The van der Waals surface area contributed by atoms with Gasteiger partial charge in [-0.1, -0.05) is 65.8 Å². The molecule has 0 saturated heterocycles. The van der Waals surface area contributed by atoms with Crippen LogP contribution in [0.1, 0.15) is 11.4 Å². The number of aromatic nitrogens is 3. The van der Waals surface area contributed by atoms with Crippen LogP contribution in [-0.4, -0.2) is 32.3 Å². The van der Waals surface area contributed by atoms with Crippen molar-refractivity contribution in [3.8, 4) is 0 Å². The van der Waals surface area contributed by atoms with Gasteiger partial charge in [0.1, 0.15) is 5.82 Å². The molecule has 1 heterocycles. The molecule has 0 saturated carbocycles. The molecule has 0 bridgehead atoms. The summed E-state index contributed by atoms with van der Waals surface area (Å²) >= 11 is 7.38. The molecule has 168 valence electrons. The lowest BCUT2D eigenvalue weighted by atomic mass is 10.1. The van der Waals surface area contributed by atoms with Crippen molar-refractivity contribution in [3.63, 3.8) is 0 Å².